The van der Waals surface area contributed by atoms with Gasteiger partial charge in [-0.3, -0.25) is 0 Å². The van der Waals surface area contributed by atoms with Gasteiger partial charge in [-0.05, 0) is 153 Å². The van der Waals surface area contributed by atoms with Crippen LogP contribution < -0.4 is 9.80 Å². The zero-order valence-electron chi connectivity index (χ0n) is 32.3. The molecule has 0 radical (unpaired) electrons. The molecule has 280 valence electrons. The molecule has 0 fully saturated rings. The summed E-state index contributed by atoms with van der Waals surface area (Å²) < 4.78 is 12.7. The summed E-state index contributed by atoms with van der Waals surface area (Å²) in [7, 11) is 0. The first-order valence-corrected chi connectivity index (χ1v) is 20.4. The number of anilines is 6. The molecule has 0 bridgehead atoms. The molecule has 0 amide bonds. The van der Waals surface area contributed by atoms with Gasteiger partial charge in [-0.1, -0.05) is 84.9 Å². The van der Waals surface area contributed by atoms with Crippen molar-refractivity contribution in [3.63, 3.8) is 0 Å². The first-order valence-electron chi connectivity index (χ1n) is 20.4. The lowest BCUT2D eigenvalue weighted by Gasteiger charge is -2.28. The van der Waals surface area contributed by atoms with Crippen LogP contribution in [0.1, 0.15) is 0 Å². The quantitative estimate of drug-likeness (QED) is 0.169. The second-order valence-electron chi connectivity index (χ2n) is 15.8. The molecule has 0 spiro atoms. The lowest BCUT2D eigenvalue weighted by atomic mass is 9.78. The highest BCUT2D eigenvalue weighted by molar-refractivity contribution is 6.13. The summed E-state index contributed by atoms with van der Waals surface area (Å²) in [4.78, 5) is 4.63. The van der Waals surface area contributed by atoms with Crippen LogP contribution in [-0.2, 0) is 0 Å². The summed E-state index contributed by atoms with van der Waals surface area (Å²) in [5.41, 5.74) is 15.2. The minimum atomic E-state index is 0.879. The van der Waals surface area contributed by atoms with Gasteiger partial charge in [-0.15, -0.1) is 0 Å². The van der Waals surface area contributed by atoms with Gasteiger partial charge in [0.15, 0.2) is 0 Å². The predicted octanol–water partition coefficient (Wildman–Crippen LogP) is 16.4. The van der Waals surface area contributed by atoms with E-state index in [-0.39, 0.29) is 0 Å². The topological polar surface area (TPSA) is 32.8 Å². The zero-order chi connectivity index (χ0) is 39.3. The summed E-state index contributed by atoms with van der Waals surface area (Å²) in [5, 5.41) is 9.36. The monoisotopic (exact) mass is 766 g/mol. The fourth-order valence-corrected chi connectivity index (χ4v) is 9.43. The summed E-state index contributed by atoms with van der Waals surface area (Å²) in [6.07, 6.45) is 0. The Kier molecular flexibility index (Phi) is 6.98. The van der Waals surface area contributed by atoms with Gasteiger partial charge < -0.3 is 18.6 Å². The average Bonchev–Trinajstić information content (AvgIpc) is 3.86. The average molecular weight is 767 g/mol. The smallest absolute Gasteiger partial charge is 0.137 e. The minimum Gasteiger partial charge on any atom is -0.456 e. The maximum atomic E-state index is 6.34. The molecule has 0 saturated heterocycles. The molecule has 60 heavy (non-hydrogen) atoms. The zero-order valence-corrected chi connectivity index (χ0v) is 32.3. The van der Waals surface area contributed by atoms with Crippen LogP contribution in [0.3, 0.4) is 0 Å². The fourth-order valence-electron chi connectivity index (χ4n) is 9.43. The van der Waals surface area contributed by atoms with E-state index < -0.39 is 0 Å². The molecule has 12 aromatic rings. The van der Waals surface area contributed by atoms with Crippen LogP contribution in [-0.4, -0.2) is 0 Å². The van der Waals surface area contributed by atoms with E-state index in [4.69, 9.17) is 8.83 Å². The highest BCUT2D eigenvalue weighted by Crippen LogP contribution is 2.51. The first kappa shape index (κ1) is 32.9. The Morgan fingerprint density at radius 3 is 1.03 bits per heavy atom. The SMILES string of the molecule is c1ccc(N(c2ccc3cc4c(cc3c2)-c2cc3ccc(N(c5ccccc5)c5ccc6c(c5)oc5ccccc56)cc3cc2-4)c2ccc3c(c2)oc2ccccc23)cc1. The molecule has 2 aromatic heterocycles. The van der Waals surface area contributed by atoms with Gasteiger partial charge in [-0.2, -0.15) is 0 Å². The minimum absolute atomic E-state index is 0.879. The van der Waals surface area contributed by atoms with Crippen molar-refractivity contribution in [2.45, 2.75) is 0 Å². The van der Waals surface area contributed by atoms with Crippen LogP contribution in [0, 0.1) is 0 Å². The van der Waals surface area contributed by atoms with Crippen molar-refractivity contribution < 1.29 is 8.83 Å². The molecule has 0 unspecified atom stereocenters. The number of hydrogen-bond donors (Lipinski definition) is 0. The van der Waals surface area contributed by atoms with E-state index in [0.29, 0.717) is 0 Å². The van der Waals surface area contributed by atoms with Gasteiger partial charge in [0.05, 0.1) is 0 Å². The molecular weight excluding hydrogens is 733 g/mol. The molecule has 1 aliphatic rings. The van der Waals surface area contributed by atoms with Crippen LogP contribution >= 0.6 is 0 Å². The Morgan fingerprint density at radius 2 is 0.583 bits per heavy atom. The Balaban J connectivity index is 0.883. The predicted molar refractivity (Wildman–Crippen MR) is 250 cm³/mol. The van der Waals surface area contributed by atoms with Crippen molar-refractivity contribution in [2.75, 3.05) is 9.80 Å². The van der Waals surface area contributed by atoms with Gasteiger partial charge in [0.1, 0.15) is 22.3 Å². The Labute approximate surface area is 345 Å². The number of benzene rings is 10. The number of hydrogen-bond acceptors (Lipinski definition) is 4. The lowest BCUT2D eigenvalue weighted by Crippen LogP contribution is -2.10. The van der Waals surface area contributed by atoms with Crippen molar-refractivity contribution in [1.82, 2.24) is 0 Å². The number of furan rings is 2. The Morgan fingerprint density at radius 1 is 0.233 bits per heavy atom. The van der Waals surface area contributed by atoms with Crippen LogP contribution in [0.25, 0.3) is 87.7 Å². The van der Waals surface area contributed by atoms with E-state index >= 15 is 0 Å². The molecule has 0 atom stereocenters. The number of fused-ring (bicyclic) bond motifs is 12. The van der Waals surface area contributed by atoms with Gasteiger partial charge in [-0.25, -0.2) is 0 Å². The molecule has 2 heterocycles. The summed E-state index contributed by atoms with van der Waals surface area (Å²) >= 11 is 0. The van der Waals surface area contributed by atoms with E-state index in [1.54, 1.807) is 0 Å². The van der Waals surface area contributed by atoms with Gasteiger partial charge in [0.2, 0.25) is 0 Å². The third kappa shape index (κ3) is 5.04. The largest absolute Gasteiger partial charge is 0.456 e. The molecule has 1 aliphatic carbocycles. The normalized spacial score (nSPS) is 12.0. The van der Waals surface area contributed by atoms with Crippen molar-refractivity contribution in [3.05, 3.63) is 206 Å². The molecule has 4 nitrogen and oxygen atoms in total. The molecule has 0 aliphatic heterocycles. The van der Waals surface area contributed by atoms with E-state index in [2.05, 4.69) is 192 Å². The van der Waals surface area contributed by atoms with Crippen LogP contribution in [0.2, 0.25) is 0 Å². The standard InChI is InChI=1S/C56H34N2O2/c1-3-11-39(12-4-1)57(43-23-25-47-45-15-7-9-17-53(45)59-55(47)33-43)41-21-19-35-29-49-51(31-37(35)27-41)50-30-36-20-22-42(28-38(36)32-52(49)50)58(40-13-5-2-6-14-40)44-24-26-48-46-16-8-10-18-54(46)60-56(48)34-44/h1-34H. The molecule has 13 rings (SSSR count). The highest BCUT2D eigenvalue weighted by atomic mass is 16.3. The molecule has 4 heteroatoms. The number of rotatable bonds is 6. The summed E-state index contributed by atoms with van der Waals surface area (Å²) in [5.74, 6) is 0. The van der Waals surface area contributed by atoms with Crippen molar-refractivity contribution >= 4 is 99.5 Å². The van der Waals surface area contributed by atoms with Crippen LogP contribution in [0.5, 0.6) is 0 Å². The van der Waals surface area contributed by atoms with Crippen molar-refractivity contribution in [3.8, 4) is 22.3 Å². The maximum absolute atomic E-state index is 6.34. The molecule has 0 saturated carbocycles. The van der Waals surface area contributed by atoms with Gasteiger partial charge in [0.25, 0.3) is 0 Å². The van der Waals surface area contributed by atoms with Gasteiger partial charge >= 0.3 is 0 Å². The molecule has 10 aromatic carbocycles. The van der Waals surface area contributed by atoms with Crippen LogP contribution in [0.15, 0.2) is 215 Å². The second-order valence-corrected chi connectivity index (χ2v) is 15.8. The van der Waals surface area contributed by atoms with E-state index in [9.17, 15) is 0 Å². The van der Waals surface area contributed by atoms with E-state index in [0.717, 1.165) is 78.0 Å². The molecular formula is C56H34N2O2. The van der Waals surface area contributed by atoms with Gasteiger partial charge in [0, 0.05) is 67.8 Å². The number of para-hydroxylation sites is 4. The van der Waals surface area contributed by atoms with E-state index in [1.165, 1.54) is 43.8 Å². The molecule has 0 N–H and O–H groups in total. The summed E-state index contributed by atoms with van der Waals surface area (Å²) in [6, 6.07) is 73.8. The Hall–Kier alpha value is -8.08. The lowest BCUT2D eigenvalue weighted by molar-refractivity contribution is 0.668. The third-order valence-corrected chi connectivity index (χ3v) is 12.3. The highest BCUT2D eigenvalue weighted by Gasteiger charge is 2.25. The Bertz CT molecular complexity index is 3420. The first-order chi connectivity index (χ1) is 29.7. The third-order valence-electron chi connectivity index (χ3n) is 12.3. The van der Waals surface area contributed by atoms with Crippen molar-refractivity contribution in [1.29, 1.82) is 0 Å². The van der Waals surface area contributed by atoms with Crippen LogP contribution in [0.4, 0.5) is 34.1 Å². The second kappa shape index (κ2) is 12.7. The maximum Gasteiger partial charge on any atom is 0.137 e. The summed E-state index contributed by atoms with van der Waals surface area (Å²) in [6.45, 7) is 0. The van der Waals surface area contributed by atoms with E-state index in [1.807, 2.05) is 24.3 Å². The number of nitrogens with zero attached hydrogens (tertiary/aromatic N) is 2. The van der Waals surface area contributed by atoms with Crippen molar-refractivity contribution in [2.24, 2.45) is 0 Å². The fraction of sp³-hybridized carbons (Fsp3) is 0.